The number of benzene rings is 1. The second-order valence-electron chi connectivity index (χ2n) is 7.05. The summed E-state index contributed by atoms with van der Waals surface area (Å²) in [5.74, 6) is 0.0870. The molecular formula is C19H25NO2. The number of rotatable bonds is 3. The predicted octanol–water partition coefficient (Wildman–Crippen LogP) is 3.61. The van der Waals surface area contributed by atoms with Crippen molar-refractivity contribution in [1.29, 1.82) is 0 Å². The Labute approximate surface area is 133 Å². The first kappa shape index (κ1) is 16.5. The van der Waals surface area contributed by atoms with E-state index < -0.39 is 5.41 Å². The van der Waals surface area contributed by atoms with Gasteiger partial charge >= 0.3 is 0 Å². The number of hydrogen-bond acceptors (Lipinski definition) is 2. The summed E-state index contributed by atoms with van der Waals surface area (Å²) in [6.07, 6.45) is 5.09. The van der Waals surface area contributed by atoms with Crippen LogP contribution >= 0.6 is 0 Å². The molecule has 0 spiro atoms. The minimum Gasteiger partial charge on any atom is -0.329 e. The third-order valence-electron chi connectivity index (χ3n) is 4.04. The van der Waals surface area contributed by atoms with Crippen LogP contribution in [0, 0.1) is 12.3 Å². The molecule has 1 atom stereocenters. The molecule has 3 heteroatoms. The van der Waals surface area contributed by atoms with Gasteiger partial charge in [0.05, 0.1) is 6.04 Å². The van der Waals surface area contributed by atoms with Gasteiger partial charge < -0.3 is 4.90 Å². The van der Waals surface area contributed by atoms with Gasteiger partial charge in [-0.2, -0.15) is 0 Å². The highest BCUT2D eigenvalue weighted by Crippen LogP contribution is 2.27. The Morgan fingerprint density at radius 1 is 1.27 bits per heavy atom. The van der Waals surface area contributed by atoms with E-state index in [1.165, 1.54) is 0 Å². The zero-order chi connectivity index (χ0) is 16.3. The third kappa shape index (κ3) is 3.85. The number of hydrogen-bond donors (Lipinski definition) is 0. The van der Waals surface area contributed by atoms with E-state index in [9.17, 15) is 9.59 Å². The first-order chi connectivity index (χ1) is 10.3. The fourth-order valence-electron chi connectivity index (χ4n) is 2.84. The Balaban J connectivity index is 2.10. The van der Waals surface area contributed by atoms with E-state index in [-0.39, 0.29) is 17.7 Å². The van der Waals surface area contributed by atoms with Crippen molar-refractivity contribution in [2.24, 2.45) is 5.41 Å². The lowest BCUT2D eigenvalue weighted by atomic mass is 9.85. The number of likely N-dealkylation sites (tertiary alicyclic amines) is 1. The number of nitrogens with zero attached hydrogens (tertiary/aromatic N) is 1. The number of aryl methyl sites for hydroxylation is 1. The minimum atomic E-state index is -0.409. The molecule has 0 N–H and O–H groups in total. The zero-order valence-electron chi connectivity index (χ0n) is 13.9. The summed E-state index contributed by atoms with van der Waals surface area (Å²) < 4.78 is 0. The lowest BCUT2D eigenvalue weighted by molar-refractivity contribution is -0.138. The lowest BCUT2D eigenvalue weighted by Crippen LogP contribution is -2.44. The molecule has 0 aromatic heterocycles. The van der Waals surface area contributed by atoms with Gasteiger partial charge in [-0.3, -0.25) is 9.59 Å². The van der Waals surface area contributed by atoms with Gasteiger partial charge in [-0.15, -0.1) is 0 Å². The second kappa shape index (κ2) is 6.47. The molecule has 0 bridgehead atoms. The molecule has 1 aromatic carbocycles. The maximum atomic E-state index is 12.5. The molecule has 1 aliphatic rings. The number of Topliss-reactive ketones (excluding diaryl/α,β-unsaturated/α-hetero) is 1. The minimum absolute atomic E-state index is 0.0680. The van der Waals surface area contributed by atoms with Crippen LogP contribution in [0.4, 0.5) is 0 Å². The molecule has 1 saturated heterocycles. The Bertz CT molecular complexity index is 596. The summed E-state index contributed by atoms with van der Waals surface area (Å²) in [5.41, 5.74) is 1.76. The smallest absolute Gasteiger partial charge is 0.247 e. The van der Waals surface area contributed by atoms with E-state index in [0.717, 1.165) is 24.0 Å². The van der Waals surface area contributed by atoms with Crippen molar-refractivity contribution in [2.45, 2.75) is 46.6 Å². The summed E-state index contributed by atoms with van der Waals surface area (Å²) >= 11 is 0. The van der Waals surface area contributed by atoms with Crippen LogP contribution in [0.5, 0.6) is 0 Å². The monoisotopic (exact) mass is 299 g/mol. The molecule has 22 heavy (non-hydrogen) atoms. The summed E-state index contributed by atoms with van der Waals surface area (Å²) in [6.45, 7) is 8.44. The molecule has 3 nitrogen and oxygen atoms in total. The molecule has 0 aliphatic carbocycles. The number of amides is 1. The highest BCUT2D eigenvalue weighted by atomic mass is 16.2. The van der Waals surface area contributed by atoms with Crippen LogP contribution < -0.4 is 0 Å². The Hall–Kier alpha value is -1.90. The fraction of sp³-hybridized carbons (Fsp3) is 0.474. The number of carbonyl (C=O) groups excluding carboxylic acids is 2. The maximum Gasteiger partial charge on any atom is 0.247 e. The van der Waals surface area contributed by atoms with E-state index in [0.29, 0.717) is 6.54 Å². The first-order valence-corrected chi connectivity index (χ1v) is 7.89. The Kier molecular flexibility index (Phi) is 4.84. The molecule has 1 amide bonds. The highest BCUT2D eigenvalue weighted by molar-refractivity contribution is 5.97. The third-order valence-corrected chi connectivity index (χ3v) is 4.04. The van der Waals surface area contributed by atoms with E-state index in [2.05, 4.69) is 0 Å². The van der Waals surface area contributed by atoms with Crippen LogP contribution in [0.1, 0.15) is 44.7 Å². The van der Waals surface area contributed by atoms with Crippen molar-refractivity contribution in [2.75, 3.05) is 6.54 Å². The first-order valence-electron chi connectivity index (χ1n) is 7.89. The highest BCUT2D eigenvalue weighted by Gasteiger charge is 2.38. The topological polar surface area (TPSA) is 37.4 Å². The summed E-state index contributed by atoms with van der Waals surface area (Å²) in [4.78, 5) is 26.6. The summed E-state index contributed by atoms with van der Waals surface area (Å²) in [6, 6.07) is 7.73. The Morgan fingerprint density at radius 2 is 2.00 bits per heavy atom. The van der Waals surface area contributed by atoms with Crippen molar-refractivity contribution in [3.8, 4) is 0 Å². The molecule has 118 valence electrons. The normalized spacial score (nSPS) is 18.9. The standard InChI is InChI=1S/C19H25NO2/c1-14-7-5-8-15(13-14)10-11-17(21)20-12-6-9-16(20)18(22)19(2,3)4/h5,7-8,10-11,13,16H,6,9,12H2,1-4H3/b11-10+/t16-/m0/s1. The number of carbonyl (C=O) groups is 2. The molecule has 0 radical (unpaired) electrons. The molecule has 0 unspecified atom stereocenters. The van der Waals surface area contributed by atoms with Crippen molar-refractivity contribution >= 4 is 17.8 Å². The van der Waals surface area contributed by atoms with Crippen LogP contribution in [0.25, 0.3) is 6.08 Å². The number of ketones is 1. The Morgan fingerprint density at radius 3 is 2.64 bits per heavy atom. The van der Waals surface area contributed by atoms with Crippen LogP contribution in [-0.2, 0) is 9.59 Å². The van der Waals surface area contributed by atoms with Crippen LogP contribution in [0.2, 0.25) is 0 Å². The predicted molar refractivity (Wildman–Crippen MR) is 89.4 cm³/mol. The SMILES string of the molecule is Cc1cccc(/C=C/C(=O)N2CCC[C@H]2C(=O)C(C)(C)C)c1. The lowest BCUT2D eigenvalue weighted by Gasteiger charge is -2.28. The second-order valence-corrected chi connectivity index (χ2v) is 7.05. The molecule has 1 fully saturated rings. The fourth-order valence-corrected chi connectivity index (χ4v) is 2.84. The van der Waals surface area contributed by atoms with Crippen molar-refractivity contribution in [1.82, 2.24) is 4.90 Å². The average Bonchev–Trinajstić information content (AvgIpc) is 2.92. The quantitative estimate of drug-likeness (QED) is 0.800. The van der Waals surface area contributed by atoms with Crippen LogP contribution in [0.3, 0.4) is 0 Å². The van der Waals surface area contributed by atoms with Gasteiger partial charge in [0.25, 0.3) is 0 Å². The van der Waals surface area contributed by atoms with Gasteiger partial charge in [0.2, 0.25) is 5.91 Å². The van der Waals surface area contributed by atoms with Gasteiger partial charge in [-0.25, -0.2) is 0 Å². The van der Waals surface area contributed by atoms with Crippen molar-refractivity contribution < 1.29 is 9.59 Å². The maximum absolute atomic E-state index is 12.5. The van der Waals surface area contributed by atoms with E-state index >= 15 is 0 Å². The molecule has 1 aromatic rings. The van der Waals surface area contributed by atoms with E-state index in [1.54, 1.807) is 11.0 Å². The average molecular weight is 299 g/mol. The van der Waals surface area contributed by atoms with Crippen LogP contribution in [0.15, 0.2) is 30.3 Å². The molecule has 1 heterocycles. The van der Waals surface area contributed by atoms with Gasteiger partial charge in [0.1, 0.15) is 0 Å². The van der Waals surface area contributed by atoms with Crippen LogP contribution in [-0.4, -0.2) is 29.2 Å². The van der Waals surface area contributed by atoms with Crippen molar-refractivity contribution in [3.63, 3.8) is 0 Å². The summed E-state index contributed by atoms with van der Waals surface area (Å²) in [7, 11) is 0. The molecular weight excluding hydrogens is 274 g/mol. The zero-order valence-corrected chi connectivity index (χ0v) is 13.9. The van der Waals surface area contributed by atoms with E-state index in [1.807, 2.05) is 58.0 Å². The molecule has 2 rings (SSSR count). The van der Waals surface area contributed by atoms with Gasteiger partial charge in [-0.1, -0.05) is 50.6 Å². The van der Waals surface area contributed by atoms with E-state index in [4.69, 9.17) is 0 Å². The van der Waals surface area contributed by atoms with Gasteiger partial charge in [0, 0.05) is 18.0 Å². The van der Waals surface area contributed by atoms with Gasteiger partial charge in [-0.05, 0) is 31.4 Å². The largest absolute Gasteiger partial charge is 0.329 e. The van der Waals surface area contributed by atoms with Gasteiger partial charge in [0.15, 0.2) is 5.78 Å². The molecule has 0 saturated carbocycles. The molecule has 1 aliphatic heterocycles. The van der Waals surface area contributed by atoms with Crippen molar-refractivity contribution in [3.05, 3.63) is 41.5 Å². The summed E-state index contributed by atoms with van der Waals surface area (Å²) in [5, 5.41) is 0.